The van der Waals surface area contributed by atoms with Crippen molar-refractivity contribution in [1.82, 2.24) is 0 Å². The minimum atomic E-state index is -3.38. The lowest BCUT2D eigenvalue weighted by Gasteiger charge is -1.93. The zero-order chi connectivity index (χ0) is 8.91. The molecule has 0 fully saturated rings. The molecule has 0 bridgehead atoms. The Morgan fingerprint density at radius 3 is 2.45 bits per heavy atom. The smallest absolute Gasteiger partial charge is 0.212 e. The van der Waals surface area contributed by atoms with Gasteiger partial charge in [0.05, 0.1) is 5.75 Å². The van der Waals surface area contributed by atoms with Crippen LogP contribution in [0, 0.1) is 0 Å². The van der Waals surface area contributed by atoms with Crippen molar-refractivity contribution in [3.05, 3.63) is 23.8 Å². The van der Waals surface area contributed by atoms with Crippen LogP contribution in [-0.4, -0.2) is 14.2 Å². The van der Waals surface area contributed by atoms with Crippen molar-refractivity contribution in [2.24, 2.45) is 0 Å². The normalized spacial score (nSPS) is 14.3. The highest BCUT2D eigenvalue weighted by atomic mass is 35.7. The summed E-state index contributed by atoms with van der Waals surface area (Å²) in [6, 6.07) is 0. The van der Waals surface area contributed by atoms with Gasteiger partial charge in [-0.25, -0.2) is 8.42 Å². The van der Waals surface area contributed by atoms with E-state index in [0.717, 1.165) is 5.57 Å². The number of hydrogen-bond donors (Lipinski definition) is 0. The molecule has 0 aliphatic carbocycles. The highest BCUT2D eigenvalue weighted by molar-refractivity contribution is 8.13. The minimum absolute atomic E-state index is 0.0844. The summed E-state index contributed by atoms with van der Waals surface area (Å²) >= 11 is 0. The fraction of sp³-hybridized carbons (Fsp3) is 0.429. The van der Waals surface area contributed by atoms with Crippen LogP contribution in [-0.2, 0) is 9.05 Å². The van der Waals surface area contributed by atoms with Crippen molar-refractivity contribution in [2.45, 2.75) is 13.8 Å². The Balaban J connectivity index is 4.19. The first kappa shape index (κ1) is 10.7. The average Bonchev–Trinajstić information content (AvgIpc) is 1.79. The summed E-state index contributed by atoms with van der Waals surface area (Å²) < 4.78 is 21.0. The van der Waals surface area contributed by atoms with Crippen LogP contribution in [0.2, 0.25) is 0 Å². The fourth-order valence-electron chi connectivity index (χ4n) is 0.581. The van der Waals surface area contributed by atoms with Gasteiger partial charge in [0.2, 0.25) is 9.05 Å². The number of halogens is 1. The first-order valence-corrected chi connectivity index (χ1v) is 5.64. The molecule has 0 heterocycles. The second-order valence-corrected chi connectivity index (χ2v) is 5.00. The zero-order valence-corrected chi connectivity index (χ0v) is 8.11. The van der Waals surface area contributed by atoms with Gasteiger partial charge in [-0.3, -0.25) is 0 Å². The zero-order valence-electron chi connectivity index (χ0n) is 6.54. The maximum Gasteiger partial charge on any atom is 0.236 e. The molecule has 0 aromatic carbocycles. The Bertz CT molecular complexity index is 262. The summed E-state index contributed by atoms with van der Waals surface area (Å²) in [5, 5.41) is 0. The molecule has 0 aliphatic heterocycles. The van der Waals surface area contributed by atoms with Crippen molar-refractivity contribution in [3.8, 4) is 0 Å². The van der Waals surface area contributed by atoms with Crippen molar-refractivity contribution >= 4 is 19.7 Å². The molecule has 0 saturated carbocycles. The maximum absolute atomic E-state index is 10.5. The Hall–Kier alpha value is -0.280. The van der Waals surface area contributed by atoms with Crippen molar-refractivity contribution in [1.29, 1.82) is 0 Å². The highest BCUT2D eigenvalue weighted by Crippen LogP contribution is 2.04. The highest BCUT2D eigenvalue weighted by Gasteiger charge is 2.04. The van der Waals surface area contributed by atoms with E-state index in [1.54, 1.807) is 19.1 Å². The van der Waals surface area contributed by atoms with E-state index in [2.05, 4.69) is 0 Å². The Kier molecular flexibility index (Phi) is 4.45. The van der Waals surface area contributed by atoms with Gasteiger partial charge in [0.15, 0.2) is 0 Å². The Labute approximate surface area is 72.0 Å². The third-order valence-electron chi connectivity index (χ3n) is 0.973. The van der Waals surface area contributed by atoms with Crippen LogP contribution in [0.1, 0.15) is 13.8 Å². The summed E-state index contributed by atoms with van der Waals surface area (Å²) in [5.74, 6) is -0.0844. The van der Waals surface area contributed by atoms with E-state index in [-0.39, 0.29) is 5.75 Å². The van der Waals surface area contributed by atoms with Crippen molar-refractivity contribution in [3.63, 3.8) is 0 Å². The van der Waals surface area contributed by atoms with E-state index in [4.69, 9.17) is 10.7 Å². The lowest BCUT2D eigenvalue weighted by molar-refractivity contribution is 0.611. The maximum atomic E-state index is 10.5. The van der Waals surface area contributed by atoms with Crippen LogP contribution in [0.5, 0.6) is 0 Å². The van der Waals surface area contributed by atoms with Crippen molar-refractivity contribution in [2.75, 3.05) is 5.75 Å². The number of rotatable bonds is 3. The largest absolute Gasteiger partial charge is 0.236 e. The SMILES string of the molecule is C/C=C\C=C(/C)CS(=O)(=O)Cl. The number of allylic oxidation sites excluding steroid dienone is 3. The van der Waals surface area contributed by atoms with E-state index >= 15 is 0 Å². The van der Waals surface area contributed by atoms with Crippen LogP contribution in [0.15, 0.2) is 23.8 Å². The van der Waals surface area contributed by atoms with Gasteiger partial charge in [-0.2, -0.15) is 0 Å². The van der Waals surface area contributed by atoms with Crippen LogP contribution in [0.4, 0.5) is 0 Å². The van der Waals surface area contributed by atoms with E-state index in [1.807, 2.05) is 13.0 Å². The van der Waals surface area contributed by atoms with E-state index in [1.165, 1.54) is 0 Å². The van der Waals surface area contributed by atoms with Crippen molar-refractivity contribution < 1.29 is 8.42 Å². The lowest BCUT2D eigenvalue weighted by atomic mass is 10.3. The molecule has 0 atom stereocenters. The van der Waals surface area contributed by atoms with Gasteiger partial charge in [0, 0.05) is 10.7 Å². The van der Waals surface area contributed by atoms with Gasteiger partial charge < -0.3 is 0 Å². The van der Waals surface area contributed by atoms with Gasteiger partial charge in [-0.1, -0.05) is 23.8 Å². The van der Waals surface area contributed by atoms with Crippen LogP contribution >= 0.6 is 10.7 Å². The summed E-state index contributed by atoms with van der Waals surface area (Å²) in [5.41, 5.74) is 0.734. The fourth-order valence-corrected chi connectivity index (χ4v) is 1.74. The second kappa shape index (κ2) is 4.57. The molecule has 0 rings (SSSR count). The van der Waals surface area contributed by atoms with Crippen LogP contribution in [0.25, 0.3) is 0 Å². The molecule has 0 unspecified atom stereocenters. The number of hydrogen-bond acceptors (Lipinski definition) is 2. The third-order valence-corrected chi connectivity index (χ3v) is 2.10. The first-order valence-electron chi connectivity index (χ1n) is 3.16. The first-order chi connectivity index (χ1) is 4.95. The monoisotopic (exact) mass is 194 g/mol. The summed E-state index contributed by atoms with van der Waals surface area (Å²) in [6.45, 7) is 3.58. The van der Waals surface area contributed by atoms with E-state index in [9.17, 15) is 8.42 Å². The summed E-state index contributed by atoms with van der Waals surface area (Å²) in [7, 11) is 1.63. The Morgan fingerprint density at radius 1 is 1.55 bits per heavy atom. The van der Waals surface area contributed by atoms with Crippen LogP contribution in [0.3, 0.4) is 0 Å². The molecule has 0 aromatic rings. The van der Waals surface area contributed by atoms with Gasteiger partial charge in [0.1, 0.15) is 0 Å². The predicted molar refractivity (Wildman–Crippen MR) is 48.2 cm³/mol. The quantitative estimate of drug-likeness (QED) is 0.509. The molecule has 0 saturated heterocycles. The molecule has 0 radical (unpaired) electrons. The molecular weight excluding hydrogens is 184 g/mol. The molecule has 0 aliphatic rings. The summed E-state index contributed by atoms with van der Waals surface area (Å²) in [6.07, 6.45) is 5.32. The average molecular weight is 195 g/mol. The van der Waals surface area contributed by atoms with E-state index < -0.39 is 9.05 Å². The Morgan fingerprint density at radius 2 is 2.09 bits per heavy atom. The van der Waals surface area contributed by atoms with Gasteiger partial charge in [-0.15, -0.1) is 0 Å². The molecule has 0 aromatic heterocycles. The molecule has 0 N–H and O–H groups in total. The molecule has 4 heteroatoms. The van der Waals surface area contributed by atoms with E-state index in [0.29, 0.717) is 0 Å². The molecule has 11 heavy (non-hydrogen) atoms. The minimum Gasteiger partial charge on any atom is -0.212 e. The van der Waals surface area contributed by atoms with Gasteiger partial charge in [-0.05, 0) is 13.8 Å². The topological polar surface area (TPSA) is 34.1 Å². The summed E-state index contributed by atoms with van der Waals surface area (Å²) in [4.78, 5) is 0. The van der Waals surface area contributed by atoms with Crippen LogP contribution < -0.4 is 0 Å². The van der Waals surface area contributed by atoms with Gasteiger partial charge in [0.25, 0.3) is 0 Å². The lowest BCUT2D eigenvalue weighted by Crippen LogP contribution is -1.97. The molecule has 64 valence electrons. The molecule has 0 amide bonds. The predicted octanol–water partition coefficient (Wildman–Crippen LogP) is 2.08. The third kappa shape index (κ3) is 7.62. The van der Waals surface area contributed by atoms with Gasteiger partial charge >= 0.3 is 0 Å². The second-order valence-electron chi connectivity index (χ2n) is 2.22. The molecular formula is C7H11ClO2S. The standard InChI is InChI=1S/C7H11ClO2S/c1-3-4-5-7(2)6-11(8,9)10/h3-5H,6H2,1-2H3/b4-3-,7-5+. The molecule has 2 nitrogen and oxygen atoms in total. The molecule has 0 spiro atoms.